The molecule has 2 aromatic rings. The SMILES string of the molecule is CC(CCNc1nc(Br)cs1)c1ccccc1. The molecule has 0 aliphatic heterocycles. The Morgan fingerprint density at radius 3 is 2.76 bits per heavy atom. The zero-order chi connectivity index (χ0) is 12.1. The molecular weight excluding hydrogens is 296 g/mol. The summed E-state index contributed by atoms with van der Waals surface area (Å²) >= 11 is 4.98. The van der Waals surface area contributed by atoms with Gasteiger partial charge in [-0.05, 0) is 33.8 Å². The molecule has 1 N–H and O–H groups in total. The van der Waals surface area contributed by atoms with E-state index in [9.17, 15) is 0 Å². The van der Waals surface area contributed by atoms with Crippen LogP contribution in [0.2, 0.25) is 0 Å². The molecule has 17 heavy (non-hydrogen) atoms. The van der Waals surface area contributed by atoms with Gasteiger partial charge < -0.3 is 5.32 Å². The highest BCUT2D eigenvalue weighted by molar-refractivity contribution is 9.10. The van der Waals surface area contributed by atoms with Crippen LogP contribution < -0.4 is 5.32 Å². The van der Waals surface area contributed by atoms with Gasteiger partial charge in [-0.15, -0.1) is 11.3 Å². The standard InChI is InChI=1S/C13H15BrN2S/c1-10(11-5-3-2-4-6-11)7-8-15-13-16-12(14)9-17-13/h2-6,9-10H,7-8H2,1H3,(H,15,16). The highest BCUT2D eigenvalue weighted by Crippen LogP contribution is 2.21. The third-order valence-electron chi connectivity index (χ3n) is 2.70. The second-order valence-corrected chi connectivity index (χ2v) is 5.67. The average Bonchev–Trinajstić information content (AvgIpc) is 2.76. The molecule has 0 saturated heterocycles. The van der Waals surface area contributed by atoms with E-state index < -0.39 is 0 Å². The smallest absolute Gasteiger partial charge is 0.183 e. The number of thiazole rings is 1. The highest BCUT2D eigenvalue weighted by atomic mass is 79.9. The van der Waals surface area contributed by atoms with E-state index in [1.165, 1.54) is 5.56 Å². The predicted octanol–water partition coefficient (Wildman–Crippen LogP) is 4.51. The molecule has 90 valence electrons. The van der Waals surface area contributed by atoms with Gasteiger partial charge in [-0.3, -0.25) is 0 Å². The number of aromatic nitrogens is 1. The first-order chi connectivity index (χ1) is 8.25. The topological polar surface area (TPSA) is 24.9 Å². The van der Waals surface area contributed by atoms with Crippen molar-refractivity contribution in [1.82, 2.24) is 4.98 Å². The first kappa shape index (κ1) is 12.6. The molecule has 4 heteroatoms. The van der Waals surface area contributed by atoms with Crippen molar-refractivity contribution in [2.75, 3.05) is 11.9 Å². The lowest BCUT2D eigenvalue weighted by Crippen LogP contribution is -2.05. The number of hydrogen-bond acceptors (Lipinski definition) is 3. The molecule has 0 bridgehead atoms. The zero-order valence-electron chi connectivity index (χ0n) is 9.69. The van der Waals surface area contributed by atoms with Crippen molar-refractivity contribution in [3.8, 4) is 0 Å². The molecule has 2 nitrogen and oxygen atoms in total. The third kappa shape index (κ3) is 3.82. The fourth-order valence-corrected chi connectivity index (χ4v) is 2.85. The summed E-state index contributed by atoms with van der Waals surface area (Å²) in [5, 5.41) is 6.32. The van der Waals surface area contributed by atoms with Crippen molar-refractivity contribution < 1.29 is 0 Å². The number of halogens is 1. The molecule has 0 radical (unpaired) electrons. The lowest BCUT2D eigenvalue weighted by Gasteiger charge is -2.11. The minimum absolute atomic E-state index is 0.576. The van der Waals surface area contributed by atoms with Crippen molar-refractivity contribution in [3.05, 3.63) is 45.9 Å². The van der Waals surface area contributed by atoms with Gasteiger partial charge in [-0.2, -0.15) is 0 Å². The molecule has 1 aromatic carbocycles. The van der Waals surface area contributed by atoms with Crippen LogP contribution in [-0.2, 0) is 0 Å². The summed E-state index contributed by atoms with van der Waals surface area (Å²) in [4.78, 5) is 4.30. The van der Waals surface area contributed by atoms with Crippen LogP contribution in [-0.4, -0.2) is 11.5 Å². The fraction of sp³-hybridized carbons (Fsp3) is 0.308. The Bertz CT molecular complexity index is 455. The Hall–Kier alpha value is -0.870. The molecular formula is C13H15BrN2S. The second-order valence-electron chi connectivity index (χ2n) is 4.00. The second kappa shape index (κ2) is 6.17. The van der Waals surface area contributed by atoms with Crippen molar-refractivity contribution in [2.24, 2.45) is 0 Å². The van der Waals surface area contributed by atoms with E-state index in [0.717, 1.165) is 22.7 Å². The summed E-state index contributed by atoms with van der Waals surface area (Å²) in [7, 11) is 0. The van der Waals surface area contributed by atoms with Crippen LogP contribution in [0.25, 0.3) is 0 Å². The van der Waals surface area contributed by atoms with Gasteiger partial charge in [-0.1, -0.05) is 37.3 Å². The van der Waals surface area contributed by atoms with Crippen LogP contribution in [0.4, 0.5) is 5.13 Å². The highest BCUT2D eigenvalue weighted by Gasteiger charge is 2.05. The van der Waals surface area contributed by atoms with E-state index in [2.05, 4.69) is 63.5 Å². The van der Waals surface area contributed by atoms with Gasteiger partial charge in [-0.25, -0.2) is 4.98 Å². The third-order valence-corrected chi connectivity index (χ3v) is 4.21. The zero-order valence-corrected chi connectivity index (χ0v) is 12.1. The Kier molecular flexibility index (Phi) is 4.57. The van der Waals surface area contributed by atoms with Gasteiger partial charge in [0, 0.05) is 11.9 Å². The van der Waals surface area contributed by atoms with Gasteiger partial charge in [0.15, 0.2) is 5.13 Å². The molecule has 0 aliphatic carbocycles. The van der Waals surface area contributed by atoms with Crippen molar-refractivity contribution in [2.45, 2.75) is 19.3 Å². The van der Waals surface area contributed by atoms with Gasteiger partial charge in [0.2, 0.25) is 0 Å². The largest absolute Gasteiger partial charge is 0.361 e. The van der Waals surface area contributed by atoms with Crippen LogP contribution in [0.1, 0.15) is 24.8 Å². The molecule has 1 atom stereocenters. The summed E-state index contributed by atoms with van der Waals surface area (Å²) in [6.07, 6.45) is 1.11. The Labute approximate surface area is 114 Å². The maximum Gasteiger partial charge on any atom is 0.183 e. The Balaban J connectivity index is 1.79. The summed E-state index contributed by atoms with van der Waals surface area (Å²) in [6, 6.07) is 10.6. The van der Waals surface area contributed by atoms with Crippen LogP contribution in [0.3, 0.4) is 0 Å². The lowest BCUT2D eigenvalue weighted by atomic mass is 9.98. The van der Waals surface area contributed by atoms with Crippen LogP contribution in [0.15, 0.2) is 40.3 Å². The maximum atomic E-state index is 4.30. The fourth-order valence-electron chi connectivity index (χ4n) is 1.68. The van der Waals surface area contributed by atoms with E-state index in [0.29, 0.717) is 5.92 Å². The normalized spacial score (nSPS) is 12.4. The first-order valence-electron chi connectivity index (χ1n) is 5.65. The van der Waals surface area contributed by atoms with Gasteiger partial charge in [0.25, 0.3) is 0 Å². The summed E-state index contributed by atoms with van der Waals surface area (Å²) in [5.41, 5.74) is 1.40. The Morgan fingerprint density at radius 2 is 2.12 bits per heavy atom. The molecule has 0 saturated carbocycles. The molecule has 0 fully saturated rings. The monoisotopic (exact) mass is 310 g/mol. The average molecular weight is 311 g/mol. The molecule has 2 rings (SSSR count). The van der Waals surface area contributed by atoms with Gasteiger partial charge in [0.05, 0.1) is 0 Å². The lowest BCUT2D eigenvalue weighted by molar-refractivity contribution is 0.706. The molecule has 1 heterocycles. The van der Waals surface area contributed by atoms with Crippen LogP contribution in [0, 0.1) is 0 Å². The van der Waals surface area contributed by atoms with E-state index in [-0.39, 0.29) is 0 Å². The minimum Gasteiger partial charge on any atom is -0.361 e. The molecule has 1 unspecified atom stereocenters. The number of anilines is 1. The van der Waals surface area contributed by atoms with Crippen molar-refractivity contribution >= 4 is 32.4 Å². The van der Waals surface area contributed by atoms with Crippen molar-refractivity contribution in [3.63, 3.8) is 0 Å². The van der Waals surface area contributed by atoms with E-state index in [1.54, 1.807) is 11.3 Å². The maximum absolute atomic E-state index is 4.30. The van der Waals surface area contributed by atoms with Crippen molar-refractivity contribution in [1.29, 1.82) is 0 Å². The number of benzene rings is 1. The molecule has 1 aromatic heterocycles. The molecule has 0 amide bonds. The van der Waals surface area contributed by atoms with E-state index in [4.69, 9.17) is 0 Å². The Morgan fingerprint density at radius 1 is 1.35 bits per heavy atom. The van der Waals surface area contributed by atoms with E-state index in [1.807, 2.05) is 5.38 Å². The van der Waals surface area contributed by atoms with Gasteiger partial charge >= 0.3 is 0 Å². The number of nitrogens with one attached hydrogen (secondary N) is 1. The van der Waals surface area contributed by atoms with Gasteiger partial charge in [0.1, 0.15) is 4.60 Å². The minimum atomic E-state index is 0.576. The summed E-state index contributed by atoms with van der Waals surface area (Å²) in [6.45, 7) is 3.21. The van der Waals surface area contributed by atoms with E-state index >= 15 is 0 Å². The quantitative estimate of drug-likeness (QED) is 0.878. The first-order valence-corrected chi connectivity index (χ1v) is 7.33. The van der Waals surface area contributed by atoms with Crippen LogP contribution >= 0.6 is 27.3 Å². The summed E-state index contributed by atoms with van der Waals surface area (Å²) in [5.74, 6) is 0.576. The number of hydrogen-bond donors (Lipinski definition) is 1. The summed E-state index contributed by atoms with van der Waals surface area (Å²) < 4.78 is 0.904. The molecule has 0 aliphatic rings. The predicted molar refractivity (Wildman–Crippen MR) is 77.8 cm³/mol. The van der Waals surface area contributed by atoms with Crippen LogP contribution in [0.5, 0.6) is 0 Å². The number of rotatable bonds is 5. The number of nitrogens with zero attached hydrogens (tertiary/aromatic N) is 1. The molecule has 0 spiro atoms.